The van der Waals surface area contributed by atoms with Gasteiger partial charge >= 0.3 is 12.1 Å². The van der Waals surface area contributed by atoms with E-state index in [2.05, 4.69) is 0 Å². The quantitative estimate of drug-likeness (QED) is 0.537. The second-order valence-electron chi connectivity index (χ2n) is 6.23. The maximum Gasteiger partial charge on any atom is 0.411 e. The molecule has 0 aromatic heterocycles. The zero-order valence-electron chi connectivity index (χ0n) is 12.2. The topological polar surface area (TPSA) is 72.9 Å². The monoisotopic (exact) mass is 281 g/mol. The lowest BCUT2D eigenvalue weighted by Gasteiger charge is -2.33. The van der Waals surface area contributed by atoms with E-state index in [1.54, 1.807) is 20.8 Å². The van der Waals surface area contributed by atoms with E-state index in [1.165, 1.54) is 12.0 Å². The third-order valence-corrected chi connectivity index (χ3v) is 3.78. The molecular weight excluding hydrogens is 262 g/mol. The van der Waals surface area contributed by atoms with Gasteiger partial charge in [-0.2, -0.15) is 0 Å². The van der Waals surface area contributed by atoms with E-state index >= 15 is 0 Å². The zero-order valence-corrected chi connectivity index (χ0v) is 12.2. The Bertz CT molecular complexity index is 500. The van der Waals surface area contributed by atoms with Gasteiger partial charge in [-0.25, -0.2) is 14.4 Å². The van der Waals surface area contributed by atoms with Crippen LogP contribution in [0.1, 0.15) is 40.0 Å². The van der Waals surface area contributed by atoms with Gasteiger partial charge in [-0.05, 0) is 33.6 Å². The van der Waals surface area contributed by atoms with Crippen LogP contribution in [0.2, 0.25) is 0 Å². The highest BCUT2D eigenvalue weighted by Gasteiger charge is 2.63. The molecular formula is C14H19NO5. The molecule has 2 rings (SSSR count). The summed E-state index contributed by atoms with van der Waals surface area (Å²) in [4.78, 5) is 36.9. The van der Waals surface area contributed by atoms with E-state index in [-0.39, 0.29) is 6.42 Å². The van der Waals surface area contributed by atoms with Crippen LogP contribution < -0.4 is 0 Å². The summed E-state index contributed by atoms with van der Waals surface area (Å²) in [6, 6.07) is -0.401. The number of hydrogen-bond acceptors (Lipinski definition) is 5. The first-order chi connectivity index (χ1) is 9.25. The molecule has 0 aliphatic carbocycles. The smallest absolute Gasteiger partial charge is 0.411 e. The first kappa shape index (κ1) is 14.6. The van der Waals surface area contributed by atoms with E-state index in [0.29, 0.717) is 18.4 Å². The Hall–Kier alpha value is -1.81. The molecule has 0 saturated carbocycles. The molecule has 2 unspecified atom stereocenters. The maximum atomic E-state index is 12.4. The molecule has 1 amide bonds. The summed E-state index contributed by atoms with van der Waals surface area (Å²) < 4.78 is 10.2. The Morgan fingerprint density at radius 3 is 2.55 bits per heavy atom. The van der Waals surface area contributed by atoms with E-state index in [9.17, 15) is 14.4 Å². The van der Waals surface area contributed by atoms with Crippen molar-refractivity contribution in [2.75, 3.05) is 7.11 Å². The lowest BCUT2D eigenvalue weighted by Crippen LogP contribution is -2.52. The Kier molecular flexibility index (Phi) is 3.38. The summed E-state index contributed by atoms with van der Waals surface area (Å²) >= 11 is 0. The van der Waals surface area contributed by atoms with Crippen molar-refractivity contribution in [3.8, 4) is 0 Å². The van der Waals surface area contributed by atoms with Gasteiger partial charge in [-0.1, -0.05) is 0 Å². The number of esters is 1. The van der Waals surface area contributed by atoms with Crippen LogP contribution in [0.5, 0.6) is 0 Å². The predicted molar refractivity (Wildman–Crippen MR) is 69.7 cm³/mol. The van der Waals surface area contributed by atoms with Gasteiger partial charge in [0, 0.05) is 12.0 Å². The normalized spacial score (nSPS) is 28.3. The average Bonchev–Trinajstić information content (AvgIpc) is 2.89. The van der Waals surface area contributed by atoms with Gasteiger partial charge < -0.3 is 9.47 Å². The molecule has 2 atom stereocenters. The second kappa shape index (κ2) is 4.63. The molecule has 2 aliphatic heterocycles. The summed E-state index contributed by atoms with van der Waals surface area (Å²) in [5.74, 6) is 1.35. The number of rotatable bonds is 1. The van der Waals surface area contributed by atoms with Crippen LogP contribution in [-0.2, 0) is 19.1 Å². The standard InChI is InChI=1S/C14H19NO5/c1-13(2,3)20-12(18)15-10-5-6-14(15,11(17)19-4)7-9(10)8-16/h10H,5-7H2,1-4H3. The van der Waals surface area contributed by atoms with Crippen molar-refractivity contribution in [3.05, 3.63) is 5.57 Å². The molecule has 0 aromatic rings. The highest BCUT2D eigenvalue weighted by Crippen LogP contribution is 2.49. The molecule has 6 heteroatoms. The predicted octanol–water partition coefficient (Wildman–Crippen LogP) is 1.46. The Labute approximate surface area is 117 Å². The van der Waals surface area contributed by atoms with Gasteiger partial charge in [0.25, 0.3) is 0 Å². The summed E-state index contributed by atoms with van der Waals surface area (Å²) in [7, 11) is 1.28. The second-order valence-corrected chi connectivity index (χ2v) is 6.23. The molecule has 0 aromatic carbocycles. The molecule has 6 nitrogen and oxygen atoms in total. The van der Waals surface area contributed by atoms with Crippen molar-refractivity contribution < 1.29 is 23.9 Å². The van der Waals surface area contributed by atoms with Crippen molar-refractivity contribution in [2.45, 2.75) is 57.2 Å². The lowest BCUT2D eigenvalue weighted by molar-refractivity contribution is -0.152. The minimum absolute atomic E-state index is 0.188. The minimum Gasteiger partial charge on any atom is -0.467 e. The number of methoxy groups -OCH3 is 1. The van der Waals surface area contributed by atoms with Gasteiger partial charge in [0.15, 0.2) is 0 Å². The van der Waals surface area contributed by atoms with Gasteiger partial charge in [0.1, 0.15) is 17.1 Å². The van der Waals surface area contributed by atoms with Gasteiger partial charge in [-0.3, -0.25) is 4.90 Å². The van der Waals surface area contributed by atoms with Crippen molar-refractivity contribution >= 4 is 18.0 Å². The Morgan fingerprint density at radius 1 is 1.40 bits per heavy atom. The highest BCUT2D eigenvalue weighted by atomic mass is 16.6. The Morgan fingerprint density at radius 2 is 2.05 bits per heavy atom. The maximum absolute atomic E-state index is 12.4. The summed E-state index contributed by atoms with van der Waals surface area (Å²) in [6.45, 7) is 5.26. The van der Waals surface area contributed by atoms with Gasteiger partial charge in [-0.15, -0.1) is 0 Å². The van der Waals surface area contributed by atoms with Crippen LogP contribution in [0.3, 0.4) is 0 Å². The molecule has 110 valence electrons. The number of fused-ring (bicyclic) bond motifs is 2. The average molecular weight is 281 g/mol. The number of hydrogen-bond donors (Lipinski definition) is 0. The van der Waals surface area contributed by atoms with E-state index in [1.807, 2.05) is 5.94 Å². The third kappa shape index (κ3) is 2.10. The SMILES string of the molecule is COC(=O)C12CCC(C(=C=O)C1)N2C(=O)OC(C)(C)C. The molecule has 0 radical (unpaired) electrons. The molecule has 2 heterocycles. The Balaban J connectivity index is 2.37. The van der Waals surface area contributed by atoms with Gasteiger partial charge in [0.05, 0.1) is 13.2 Å². The van der Waals surface area contributed by atoms with E-state index < -0.39 is 29.2 Å². The van der Waals surface area contributed by atoms with Crippen LogP contribution >= 0.6 is 0 Å². The lowest BCUT2D eigenvalue weighted by atomic mass is 9.85. The molecule has 0 spiro atoms. The van der Waals surface area contributed by atoms with Gasteiger partial charge in [0.2, 0.25) is 0 Å². The summed E-state index contributed by atoms with van der Waals surface area (Å²) in [5, 5.41) is 0. The first-order valence-corrected chi connectivity index (χ1v) is 6.60. The van der Waals surface area contributed by atoms with E-state index in [0.717, 1.165) is 0 Å². The number of amides is 1. The van der Waals surface area contributed by atoms with Crippen LogP contribution in [0.15, 0.2) is 5.57 Å². The fourth-order valence-electron chi connectivity index (χ4n) is 3.04. The number of carbonyl (C=O) groups excluding carboxylic acids is 3. The van der Waals surface area contributed by atoms with E-state index in [4.69, 9.17) is 9.47 Å². The molecule has 2 saturated heterocycles. The number of carbonyl (C=O) groups is 2. The number of ether oxygens (including phenoxy) is 2. The van der Waals surface area contributed by atoms with Crippen molar-refractivity contribution in [3.63, 3.8) is 0 Å². The molecule has 20 heavy (non-hydrogen) atoms. The van der Waals surface area contributed by atoms with Crippen molar-refractivity contribution in [2.24, 2.45) is 0 Å². The third-order valence-electron chi connectivity index (χ3n) is 3.78. The fourth-order valence-corrected chi connectivity index (χ4v) is 3.04. The van der Waals surface area contributed by atoms with Crippen LogP contribution in [-0.4, -0.2) is 47.2 Å². The zero-order chi connectivity index (χ0) is 15.1. The molecule has 2 aliphatic rings. The summed E-state index contributed by atoms with van der Waals surface area (Å²) in [6.07, 6.45) is 0.636. The molecule has 2 bridgehead atoms. The van der Waals surface area contributed by atoms with Crippen molar-refractivity contribution in [1.29, 1.82) is 0 Å². The van der Waals surface area contributed by atoms with Crippen LogP contribution in [0.25, 0.3) is 0 Å². The van der Waals surface area contributed by atoms with Crippen molar-refractivity contribution in [1.82, 2.24) is 4.90 Å². The number of nitrogens with zero attached hydrogens (tertiary/aromatic N) is 1. The van der Waals surface area contributed by atoms with Crippen LogP contribution in [0, 0.1) is 0 Å². The first-order valence-electron chi connectivity index (χ1n) is 6.60. The van der Waals surface area contributed by atoms with Crippen LogP contribution in [0.4, 0.5) is 4.79 Å². The largest absolute Gasteiger partial charge is 0.467 e. The minimum atomic E-state index is -1.10. The fraction of sp³-hybridized carbons (Fsp3) is 0.714. The molecule has 2 fully saturated rings. The molecule has 0 N–H and O–H groups in total. The highest BCUT2D eigenvalue weighted by molar-refractivity contribution is 5.90. The summed E-state index contributed by atoms with van der Waals surface area (Å²) in [5.41, 5.74) is -1.33.